The Balaban J connectivity index is 1.52. The quantitative estimate of drug-likeness (QED) is 0.527. The molecule has 0 bridgehead atoms. The fraction of sp³-hybridized carbons (Fsp3) is 0.167. The summed E-state index contributed by atoms with van der Waals surface area (Å²) in [4.78, 5) is 13.3. The third kappa shape index (κ3) is 3.63. The third-order valence-corrected chi connectivity index (χ3v) is 5.55. The number of fused-ring (bicyclic) bond motifs is 1. The van der Waals surface area contributed by atoms with Crippen molar-refractivity contribution in [1.82, 2.24) is 9.97 Å². The molecule has 31 heavy (non-hydrogen) atoms. The van der Waals surface area contributed by atoms with Gasteiger partial charge in [0.15, 0.2) is 5.82 Å². The third-order valence-electron chi connectivity index (χ3n) is 5.55. The summed E-state index contributed by atoms with van der Waals surface area (Å²) in [5, 5.41) is 10.9. The number of phenolic OH excluding ortho intramolecular Hbond substituents is 1. The van der Waals surface area contributed by atoms with Crippen LogP contribution < -0.4 is 9.80 Å². The Labute approximate surface area is 178 Å². The minimum atomic E-state index is -0.363. The molecule has 1 N–H and O–H groups in total. The zero-order valence-electron chi connectivity index (χ0n) is 16.7. The van der Waals surface area contributed by atoms with Gasteiger partial charge in [0.25, 0.3) is 0 Å². The number of phenols is 1. The van der Waals surface area contributed by atoms with Crippen LogP contribution in [0.5, 0.6) is 5.75 Å². The van der Waals surface area contributed by atoms with Crippen LogP contribution in [0.15, 0.2) is 66.7 Å². The van der Waals surface area contributed by atoms with Gasteiger partial charge < -0.3 is 14.9 Å². The highest BCUT2D eigenvalue weighted by Gasteiger charge is 2.23. The Morgan fingerprint density at radius 3 is 2.26 bits per heavy atom. The normalized spacial score (nSPS) is 14.3. The lowest BCUT2D eigenvalue weighted by Gasteiger charge is -2.37. The van der Waals surface area contributed by atoms with Crippen LogP contribution in [0.1, 0.15) is 0 Å². The van der Waals surface area contributed by atoms with Crippen molar-refractivity contribution >= 4 is 22.4 Å². The van der Waals surface area contributed by atoms with E-state index in [1.807, 2.05) is 11.0 Å². The number of hydrogen-bond donors (Lipinski definition) is 1. The van der Waals surface area contributed by atoms with Gasteiger partial charge in [0.2, 0.25) is 0 Å². The Bertz CT molecular complexity index is 1260. The Morgan fingerprint density at radius 1 is 0.774 bits per heavy atom. The summed E-state index contributed by atoms with van der Waals surface area (Å²) in [6.45, 7) is 2.40. The maximum Gasteiger partial charge on any atom is 0.165 e. The van der Waals surface area contributed by atoms with Crippen LogP contribution in [0.4, 0.5) is 20.3 Å². The van der Waals surface area contributed by atoms with Crippen LogP contribution in [0.25, 0.3) is 22.3 Å². The minimum absolute atomic E-state index is 0.0827. The topological polar surface area (TPSA) is 52.5 Å². The van der Waals surface area contributed by atoms with Crippen LogP contribution in [-0.2, 0) is 0 Å². The van der Waals surface area contributed by atoms with E-state index < -0.39 is 0 Å². The Hall–Kier alpha value is -3.74. The van der Waals surface area contributed by atoms with Gasteiger partial charge in [0.05, 0.1) is 16.8 Å². The first-order chi connectivity index (χ1) is 15.1. The van der Waals surface area contributed by atoms with Crippen LogP contribution in [0.3, 0.4) is 0 Å². The van der Waals surface area contributed by atoms with Gasteiger partial charge in [-0.05, 0) is 42.5 Å². The monoisotopic (exact) mass is 418 g/mol. The highest BCUT2D eigenvalue weighted by molar-refractivity contribution is 5.91. The molecule has 0 radical (unpaired) electrons. The number of benzene rings is 3. The molecule has 5 rings (SSSR count). The van der Waals surface area contributed by atoms with Crippen molar-refractivity contribution in [2.24, 2.45) is 0 Å². The predicted octanol–water partition coefficient (Wildman–Crippen LogP) is 4.61. The molecule has 4 aromatic rings. The lowest BCUT2D eigenvalue weighted by atomic mass is 10.1. The molecule has 5 nitrogen and oxygen atoms in total. The summed E-state index contributed by atoms with van der Waals surface area (Å²) in [6.07, 6.45) is 0. The Morgan fingerprint density at radius 2 is 1.48 bits per heavy atom. The van der Waals surface area contributed by atoms with E-state index in [2.05, 4.69) is 9.88 Å². The molecule has 0 atom stereocenters. The molecule has 2 heterocycles. The van der Waals surface area contributed by atoms with Crippen molar-refractivity contribution in [1.29, 1.82) is 0 Å². The highest BCUT2D eigenvalue weighted by Crippen LogP contribution is 2.32. The van der Waals surface area contributed by atoms with E-state index in [-0.39, 0.29) is 17.4 Å². The molecule has 7 heteroatoms. The molecular formula is C24H20F2N4O. The number of nitrogens with zero attached hydrogens (tertiary/aromatic N) is 4. The number of para-hydroxylation sites is 2. The average Bonchev–Trinajstić information content (AvgIpc) is 2.79. The Kier molecular flexibility index (Phi) is 4.86. The molecular weight excluding hydrogens is 398 g/mol. The van der Waals surface area contributed by atoms with Crippen LogP contribution in [0.2, 0.25) is 0 Å². The van der Waals surface area contributed by atoms with Crippen LogP contribution >= 0.6 is 0 Å². The van der Waals surface area contributed by atoms with Gasteiger partial charge in [0, 0.05) is 31.6 Å². The summed E-state index contributed by atoms with van der Waals surface area (Å²) < 4.78 is 28.2. The molecule has 1 aliphatic heterocycles. The lowest BCUT2D eigenvalue weighted by molar-refractivity contribution is 0.477. The van der Waals surface area contributed by atoms with Crippen molar-refractivity contribution in [3.63, 3.8) is 0 Å². The zero-order valence-corrected chi connectivity index (χ0v) is 16.7. The van der Waals surface area contributed by atoms with Gasteiger partial charge in [-0.15, -0.1) is 0 Å². The van der Waals surface area contributed by atoms with Gasteiger partial charge in [-0.3, -0.25) is 0 Å². The number of aromatic hydroxyl groups is 1. The van der Waals surface area contributed by atoms with Crippen molar-refractivity contribution in [3.8, 4) is 17.1 Å². The summed E-state index contributed by atoms with van der Waals surface area (Å²) >= 11 is 0. The highest BCUT2D eigenvalue weighted by atomic mass is 19.1. The van der Waals surface area contributed by atoms with E-state index in [4.69, 9.17) is 4.98 Å². The SMILES string of the molecule is Oc1ccccc1-c1nc(N2CCN(c3ccccc3F)CC2)c2cc(F)ccc2n1. The fourth-order valence-electron chi connectivity index (χ4n) is 3.98. The maximum absolute atomic E-state index is 14.2. The maximum atomic E-state index is 14.2. The average molecular weight is 418 g/mol. The first kappa shape index (κ1) is 19.2. The molecule has 0 unspecified atom stereocenters. The largest absolute Gasteiger partial charge is 0.507 e. The second-order valence-corrected chi connectivity index (χ2v) is 7.47. The number of anilines is 2. The summed E-state index contributed by atoms with van der Waals surface area (Å²) in [7, 11) is 0. The number of rotatable bonds is 3. The second-order valence-electron chi connectivity index (χ2n) is 7.47. The van der Waals surface area contributed by atoms with E-state index in [0.717, 1.165) is 0 Å². The number of aromatic nitrogens is 2. The first-order valence-electron chi connectivity index (χ1n) is 10.1. The summed E-state index contributed by atoms with van der Waals surface area (Å²) in [6, 6.07) is 18.0. The van der Waals surface area contributed by atoms with Crippen LogP contribution in [0, 0.1) is 11.6 Å². The van der Waals surface area contributed by atoms with Gasteiger partial charge in [-0.25, -0.2) is 18.7 Å². The van der Waals surface area contributed by atoms with Crippen molar-refractivity contribution in [2.45, 2.75) is 0 Å². The van der Waals surface area contributed by atoms with E-state index in [1.165, 1.54) is 18.2 Å². The second kappa shape index (κ2) is 7.83. The number of piperazine rings is 1. The fourth-order valence-corrected chi connectivity index (χ4v) is 3.98. The van der Waals surface area contributed by atoms with Crippen molar-refractivity contribution in [3.05, 3.63) is 78.4 Å². The molecule has 3 aromatic carbocycles. The van der Waals surface area contributed by atoms with E-state index >= 15 is 0 Å². The van der Waals surface area contributed by atoms with E-state index in [0.29, 0.717) is 60.0 Å². The molecule has 0 spiro atoms. The molecule has 1 aromatic heterocycles. The predicted molar refractivity (Wildman–Crippen MR) is 117 cm³/mol. The molecule has 1 saturated heterocycles. The zero-order chi connectivity index (χ0) is 21.4. The van der Waals surface area contributed by atoms with E-state index in [1.54, 1.807) is 42.5 Å². The first-order valence-corrected chi connectivity index (χ1v) is 10.1. The minimum Gasteiger partial charge on any atom is -0.507 e. The standard InChI is InChI=1S/C24H20F2N4O/c25-16-9-10-20-18(15-16)24(28-23(27-20)17-5-1-4-8-22(17)31)30-13-11-29(12-14-30)21-7-3-2-6-19(21)26/h1-10,15,31H,11-14H2. The molecule has 0 saturated carbocycles. The van der Waals surface area contributed by atoms with Gasteiger partial charge >= 0.3 is 0 Å². The van der Waals surface area contributed by atoms with E-state index in [9.17, 15) is 13.9 Å². The van der Waals surface area contributed by atoms with Gasteiger partial charge in [-0.2, -0.15) is 0 Å². The summed E-state index contributed by atoms with van der Waals surface area (Å²) in [5.74, 6) is 0.462. The van der Waals surface area contributed by atoms with Crippen LogP contribution in [-0.4, -0.2) is 41.3 Å². The molecule has 1 aliphatic rings. The molecule has 0 amide bonds. The molecule has 1 fully saturated rings. The molecule has 0 aliphatic carbocycles. The lowest BCUT2D eigenvalue weighted by Crippen LogP contribution is -2.47. The summed E-state index contributed by atoms with van der Waals surface area (Å²) in [5.41, 5.74) is 1.69. The number of halogens is 2. The molecule has 156 valence electrons. The smallest absolute Gasteiger partial charge is 0.165 e. The number of hydrogen-bond acceptors (Lipinski definition) is 5. The van der Waals surface area contributed by atoms with Gasteiger partial charge in [-0.1, -0.05) is 24.3 Å². The van der Waals surface area contributed by atoms with Crippen molar-refractivity contribution < 1.29 is 13.9 Å². The van der Waals surface area contributed by atoms with Gasteiger partial charge in [0.1, 0.15) is 23.2 Å². The van der Waals surface area contributed by atoms with Crippen molar-refractivity contribution in [2.75, 3.05) is 36.0 Å².